The van der Waals surface area contributed by atoms with Crippen LogP contribution < -0.4 is 0 Å². The van der Waals surface area contributed by atoms with E-state index in [9.17, 15) is 13.5 Å². The maximum atomic E-state index is 12.0. The number of hydrogen-bond acceptors (Lipinski definition) is 7. The van der Waals surface area contributed by atoms with Crippen LogP contribution in [0.15, 0.2) is 48.1 Å². The molecule has 0 saturated carbocycles. The lowest BCUT2D eigenvalue weighted by Crippen LogP contribution is -2.14. The van der Waals surface area contributed by atoms with Crippen molar-refractivity contribution in [2.75, 3.05) is 5.75 Å². The molecule has 4 rings (SSSR count). The summed E-state index contributed by atoms with van der Waals surface area (Å²) in [6.45, 7) is 5.27. The molecule has 0 bridgehead atoms. The molecule has 0 aliphatic rings. The van der Waals surface area contributed by atoms with Crippen molar-refractivity contribution in [1.82, 2.24) is 24.1 Å². The van der Waals surface area contributed by atoms with Gasteiger partial charge in [0.05, 0.1) is 46.8 Å². The fraction of sp³-hybridized carbons (Fsp3) is 0.200. The Bertz CT molecular complexity index is 1380. The monoisotopic (exact) mass is 424 g/mol. The molecule has 154 valence electrons. The second kappa shape index (κ2) is 7.38. The molecule has 4 aromatic heterocycles. The number of nitrogens with one attached hydrogen (secondary N) is 1. The zero-order valence-corrected chi connectivity index (χ0v) is 17.5. The van der Waals surface area contributed by atoms with Crippen LogP contribution in [0.4, 0.5) is 5.69 Å². The molecule has 0 amide bonds. The van der Waals surface area contributed by atoms with Crippen molar-refractivity contribution in [1.29, 1.82) is 0 Å². The SMILES string of the molecule is CCS(=O)(=O)n1cc(N=C(C)c2c(O)[nH]c3cnc(-c4cnccc4C)cc23)cn1. The quantitative estimate of drug-likeness (QED) is 0.474. The average molecular weight is 424 g/mol. The number of H-pyrrole nitrogens is 1. The van der Waals surface area contributed by atoms with Crippen molar-refractivity contribution in [3.8, 4) is 17.1 Å². The van der Waals surface area contributed by atoms with Crippen molar-refractivity contribution < 1.29 is 13.5 Å². The van der Waals surface area contributed by atoms with Crippen LogP contribution in [0, 0.1) is 6.92 Å². The van der Waals surface area contributed by atoms with E-state index in [1.807, 2.05) is 19.1 Å². The van der Waals surface area contributed by atoms with Crippen molar-refractivity contribution >= 4 is 32.3 Å². The number of fused-ring (bicyclic) bond motifs is 1. The molecule has 0 radical (unpaired) electrons. The molecule has 0 spiro atoms. The van der Waals surface area contributed by atoms with Gasteiger partial charge in [0.15, 0.2) is 5.88 Å². The highest BCUT2D eigenvalue weighted by Gasteiger charge is 2.17. The van der Waals surface area contributed by atoms with E-state index >= 15 is 0 Å². The number of pyridine rings is 2. The van der Waals surface area contributed by atoms with Crippen molar-refractivity contribution in [3.63, 3.8) is 0 Å². The van der Waals surface area contributed by atoms with Gasteiger partial charge in [0.1, 0.15) is 5.69 Å². The summed E-state index contributed by atoms with van der Waals surface area (Å²) >= 11 is 0. The number of aromatic nitrogens is 5. The molecule has 0 saturated heterocycles. The van der Waals surface area contributed by atoms with E-state index < -0.39 is 10.0 Å². The molecular weight excluding hydrogens is 404 g/mol. The number of rotatable bonds is 5. The zero-order valence-electron chi connectivity index (χ0n) is 16.7. The summed E-state index contributed by atoms with van der Waals surface area (Å²) < 4.78 is 24.8. The maximum absolute atomic E-state index is 12.0. The summed E-state index contributed by atoms with van der Waals surface area (Å²) in [6.07, 6.45) is 7.84. The Morgan fingerprint density at radius 3 is 2.83 bits per heavy atom. The van der Waals surface area contributed by atoms with Crippen molar-refractivity contribution in [3.05, 3.63) is 54.2 Å². The topological polar surface area (TPSA) is 126 Å². The van der Waals surface area contributed by atoms with Crippen LogP contribution in [0.5, 0.6) is 5.88 Å². The predicted molar refractivity (Wildman–Crippen MR) is 115 cm³/mol. The van der Waals surface area contributed by atoms with Gasteiger partial charge in [-0.3, -0.25) is 9.97 Å². The largest absolute Gasteiger partial charge is 0.494 e. The second-order valence-electron chi connectivity index (χ2n) is 6.82. The van der Waals surface area contributed by atoms with E-state index in [1.54, 1.807) is 32.4 Å². The minimum absolute atomic E-state index is 0.0401. The van der Waals surface area contributed by atoms with Gasteiger partial charge < -0.3 is 10.1 Å². The van der Waals surface area contributed by atoms with Crippen LogP contribution in [-0.2, 0) is 10.0 Å². The van der Waals surface area contributed by atoms with E-state index in [1.165, 1.54) is 12.4 Å². The number of aromatic amines is 1. The van der Waals surface area contributed by atoms with Gasteiger partial charge >= 0.3 is 0 Å². The maximum Gasteiger partial charge on any atom is 0.253 e. The molecule has 0 aliphatic heterocycles. The summed E-state index contributed by atoms with van der Waals surface area (Å²) in [5.74, 6) is -0.106. The van der Waals surface area contributed by atoms with Gasteiger partial charge in [0.25, 0.3) is 10.0 Å². The first-order valence-corrected chi connectivity index (χ1v) is 10.9. The summed E-state index contributed by atoms with van der Waals surface area (Å²) in [5.41, 5.74) is 4.71. The molecule has 10 heteroatoms. The lowest BCUT2D eigenvalue weighted by Gasteiger charge is -2.05. The molecular formula is C20H20N6O3S. The minimum atomic E-state index is -3.48. The molecule has 30 heavy (non-hydrogen) atoms. The fourth-order valence-electron chi connectivity index (χ4n) is 3.21. The third-order valence-corrected chi connectivity index (χ3v) is 6.33. The minimum Gasteiger partial charge on any atom is -0.494 e. The Hall–Kier alpha value is -3.53. The van der Waals surface area contributed by atoms with Gasteiger partial charge in [-0.2, -0.15) is 9.19 Å². The molecule has 0 fully saturated rings. The number of hydrogen-bond donors (Lipinski definition) is 2. The Kier molecular flexibility index (Phi) is 4.86. The molecule has 9 nitrogen and oxygen atoms in total. The lowest BCUT2D eigenvalue weighted by atomic mass is 10.0. The van der Waals surface area contributed by atoms with Crippen LogP contribution in [0.2, 0.25) is 0 Å². The summed E-state index contributed by atoms with van der Waals surface area (Å²) in [6, 6.07) is 3.78. The van der Waals surface area contributed by atoms with Crippen LogP contribution >= 0.6 is 0 Å². The third-order valence-electron chi connectivity index (χ3n) is 4.83. The second-order valence-corrected chi connectivity index (χ2v) is 8.94. The van der Waals surface area contributed by atoms with Crippen LogP contribution in [0.3, 0.4) is 0 Å². The summed E-state index contributed by atoms with van der Waals surface area (Å²) in [4.78, 5) is 16.0. The van der Waals surface area contributed by atoms with Gasteiger partial charge in [0, 0.05) is 23.3 Å². The van der Waals surface area contributed by atoms with Gasteiger partial charge in [-0.05, 0) is 38.5 Å². The first kappa shape index (κ1) is 19.8. The molecule has 4 aromatic rings. The Labute approximate surface area is 173 Å². The summed E-state index contributed by atoms with van der Waals surface area (Å²) in [5, 5.41) is 15.1. The first-order valence-electron chi connectivity index (χ1n) is 9.25. The van der Waals surface area contributed by atoms with Crippen LogP contribution in [-0.4, -0.2) is 49.1 Å². The van der Waals surface area contributed by atoms with Gasteiger partial charge in [0.2, 0.25) is 0 Å². The Balaban J connectivity index is 1.80. The Morgan fingerprint density at radius 2 is 2.10 bits per heavy atom. The molecule has 0 unspecified atom stereocenters. The zero-order chi connectivity index (χ0) is 21.5. The highest BCUT2D eigenvalue weighted by atomic mass is 32.2. The number of nitrogens with zero attached hydrogens (tertiary/aromatic N) is 5. The first-order chi connectivity index (χ1) is 14.3. The van der Waals surface area contributed by atoms with Gasteiger partial charge in [-0.25, -0.2) is 13.4 Å². The van der Waals surface area contributed by atoms with Crippen molar-refractivity contribution in [2.45, 2.75) is 20.8 Å². The van der Waals surface area contributed by atoms with E-state index in [-0.39, 0.29) is 11.6 Å². The van der Waals surface area contributed by atoms with Gasteiger partial charge in [-0.15, -0.1) is 0 Å². The number of aryl methyl sites for hydroxylation is 1. The molecule has 2 N–H and O–H groups in total. The van der Waals surface area contributed by atoms with Crippen LogP contribution in [0.25, 0.3) is 22.2 Å². The number of aromatic hydroxyl groups is 1. The lowest BCUT2D eigenvalue weighted by molar-refractivity contribution is 0.457. The highest BCUT2D eigenvalue weighted by molar-refractivity contribution is 7.89. The fourth-order valence-corrected chi connectivity index (χ4v) is 3.94. The van der Waals surface area contributed by atoms with E-state index in [4.69, 9.17) is 0 Å². The molecule has 0 aromatic carbocycles. The van der Waals surface area contributed by atoms with Crippen molar-refractivity contribution in [2.24, 2.45) is 4.99 Å². The van der Waals surface area contributed by atoms with Gasteiger partial charge in [-0.1, -0.05) is 0 Å². The average Bonchev–Trinajstić information content (AvgIpc) is 3.31. The van der Waals surface area contributed by atoms with E-state index in [0.29, 0.717) is 22.5 Å². The molecule has 0 atom stereocenters. The van der Waals surface area contributed by atoms with Crippen LogP contribution in [0.1, 0.15) is 25.0 Å². The number of aliphatic imine (C=N–C) groups is 1. The summed E-state index contributed by atoms with van der Waals surface area (Å²) in [7, 11) is -3.48. The smallest absolute Gasteiger partial charge is 0.253 e. The highest BCUT2D eigenvalue weighted by Crippen LogP contribution is 2.32. The standard InChI is InChI=1S/C20H20N6O3S/c1-4-30(28,29)26-11-14(8-23-26)24-13(3)19-15-7-17(16-9-21-6-5-12(16)2)22-10-18(15)25-20(19)27/h5-11,25,27H,4H2,1-3H3. The Morgan fingerprint density at radius 1 is 1.30 bits per heavy atom. The van der Waals surface area contributed by atoms with E-state index in [2.05, 4.69) is 25.0 Å². The third kappa shape index (κ3) is 3.45. The molecule has 4 heterocycles. The predicted octanol–water partition coefficient (Wildman–Crippen LogP) is 3.17. The normalized spacial score (nSPS) is 12.6. The molecule has 0 aliphatic carbocycles. The van der Waals surface area contributed by atoms with E-state index in [0.717, 1.165) is 26.3 Å².